The third-order valence-corrected chi connectivity index (χ3v) is 6.20. The molecule has 2 aromatic rings. The van der Waals surface area contributed by atoms with Gasteiger partial charge < -0.3 is 9.80 Å². The molecule has 2 saturated carbocycles. The minimum absolute atomic E-state index is 0.0470. The summed E-state index contributed by atoms with van der Waals surface area (Å²) >= 11 is 1.73. The minimum Gasteiger partial charge on any atom is -0.332 e. The number of carbonyl (C=O) groups is 2. The van der Waals surface area contributed by atoms with Gasteiger partial charge in [-0.1, -0.05) is 30.3 Å². The van der Waals surface area contributed by atoms with Crippen LogP contribution in [-0.4, -0.2) is 34.2 Å². The molecule has 2 fully saturated rings. The monoisotopic (exact) mass is 382 g/mol. The van der Waals surface area contributed by atoms with Gasteiger partial charge in [0.1, 0.15) is 6.54 Å². The van der Waals surface area contributed by atoms with E-state index in [2.05, 4.69) is 19.1 Å². The van der Waals surface area contributed by atoms with Gasteiger partial charge in [-0.05, 0) is 50.3 Å². The highest BCUT2D eigenvalue weighted by atomic mass is 32.1. The number of aryl methyl sites for hydroxylation is 1. The van der Waals surface area contributed by atoms with Gasteiger partial charge in [0.15, 0.2) is 0 Å². The van der Waals surface area contributed by atoms with Gasteiger partial charge in [0.2, 0.25) is 11.8 Å². The first kappa shape index (κ1) is 18.2. The molecule has 2 aliphatic carbocycles. The largest absolute Gasteiger partial charge is 0.332 e. The van der Waals surface area contributed by atoms with Gasteiger partial charge in [0.05, 0.1) is 6.54 Å². The van der Waals surface area contributed by atoms with Crippen LogP contribution in [0, 0.1) is 12.8 Å². The smallest absolute Gasteiger partial charge is 0.242 e. The molecule has 1 aromatic carbocycles. The minimum atomic E-state index is 0.0470. The van der Waals surface area contributed by atoms with E-state index in [4.69, 9.17) is 0 Å². The van der Waals surface area contributed by atoms with Gasteiger partial charge in [0, 0.05) is 28.3 Å². The predicted octanol–water partition coefficient (Wildman–Crippen LogP) is 3.99. The summed E-state index contributed by atoms with van der Waals surface area (Å²) in [4.78, 5) is 32.0. The molecule has 2 amide bonds. The fourth-order valence-corrected chi connectivity index (χ4v) is 4.28. The Morgan fingerprint density at radius 3 is 2.33 bits per heavy atom. The lowest BCUT2D eigenvalue weighted by Gasteiger charge is -2.28. The Kier molecular flexibility index (Phi) is 5.30. The van der Waals surface area contributed by atoms with Gasteiger partial charge >= 0.3 is 0 Å². The molecule has 142 valence electrons. The van der Waals surface area contributed by atoms with Crippen molar-refractivity contribution in [1.82, 2.24) is 9.80 Å². The van der Waals surface area contributed by atoms with E-state index < -0.39 is 0 Å². The lowest BCUT2D eigenvalue weighted by atomic mass is 10.2. The second-order valence-corrected chi connectivity index (χ2v) is 9.09. The fourth-order valence-electron chi connectivity index (χ4n) is 3.38. The molecule has 0 aliphatic heterocycles. The second-order valence-electron chi connectivity index (χ2n) is 7.72. The number of amides is 2. The molecule has 0 atom stereocenters. The molecule has 2 aliphatic rings. The van der Waals surface area contributed by atoms with Crippen LogP contribution in [0.5, 0.6) is 0 Å². The molecule has 27 heavy (non-hydrogen) atoms. The van der Waals surface area contributed by atoms with Crippen LogP contribution < -0.4 is 0 Å². The van der Waals surface area contributed by atoms with E-state index in [1.54, 1.807) is 11.3 Å². The normalized spacial score (nSPS) is 16.2. The molecule has 4 nitrogen and oxygen atoms in total. The molecular formula is C22H26N2O2S. The number of thiophene rings is 1. The lowest BCUT2D eigenvalue weighted by molar-refractivity contribution is -0.142. The molecule has 0 bridgehead atoms. The topological polar surface area (TPSA) is 40.6 Å². The average molecular weight is 383 g/mol. The van der Waals surface area contributed by atoms with E-state index in [0.717, 1.165) is 31.2 Å². The van der Waals surface area contributed by atoms with Crippen molar-refractivity contribution in [2.24, 2.45) is 5.92 Å². The maximum atomic E-state index is 13.2. The Morgan fingerprint density at radius 1 is 1.00 bits per heavy atom. The summed E-state index contributed by atoms with van der Waals surface area (Å²) in [6.45, 7) is 3.48. The summed E-state index contributed by atoms with van der Waals surface area (Å²) in [5, 5.41) is 0. The van der Waals surface area contributed by atoms with E-state index >= 15 is 0 Å². The molecule has 4 rings (SSSR count). The quantitative estimate of drug-likeness (QED) is 0.693. The first-order chi connectivity index (χ1) is 13.1. The number of nitrogens with zero attached hydrogens (tertiary/aromatic N) is 2. The number of hydrogen-bond acceptors (Lipinski definition) is 3. The van der Waals surface area contributed by atoms with Crippen LogP contribution in [0.25, 0.3) is 0 Å². The van der Waals surface area contributed by atoms with Crippen molar-refractivity contribution in [2.45, 2.75) is 51.7 Å². The zero-order valence-corrected chi connectivity index (χ0v) is 16.6. The Labute approximate surface area is 164 Å². The SMILES string of the molecule is Cc1ccc(CN(Cc2ccccc2)C(=O)CN(C(=O)C2CC2)C2CC2)s1. The fraction of sp³-hybridized carbons (Fsp3) is 0.455. The average Bonchev–Trinajstić information content (AvgIpc) is 3.58. The third-order valence-electron chi connectivity index (χ3n) is 5.21. The standard InChI is InChI=1S/C22H26N2O2S/c1-16-7-12-20(27-16)14-23(13-17-5-3-2-4-6-17)21(25)15-24(19-10-11-19)22(26)18-8-9-18/h2-7,12,18-19H,8-11,13-15H2,1H3. The highest BCUT2D eigenvalue weighted by Gasteiger charge is 2.41. The molecule has 1 aromatic heterocycles. The summed E-state index contributed by atoms with van der Waals surface area (Å²) < 4.78 is 0. The van der Waals surface area contributed by atoms with E-state index in [9.17, 15) is 9.59 Å². The number of rotatable bonds is 8. The number of benzene rings is 1. The van der Waals surface area contributed by atoms with E-state index in [1.807, 2.05) is 40.1 Å². The van der Waals surface area contributed by atoms with Crippen molar-refractivity contribution in [3.8, 4) is 0 Å². The Morgan fingerprint density at radius 2 is 1.74 bits per heavy atom. The molecule has 0 spiro atoms. The van der Waals surface area contributed by atoms with Crippen LogP contribution in [0.15, 0.2) is 42.5 Å². The van der Waals surface area contributed by atoms with Crippen molar-refractivity contribution < 1.29 is 9.59 Å². The first-order valence-corrected chi connectivity index (χ1v) is 10.6. The molecule has 0 N–H and O–H groups in total. The summed E-state index contributed by atoms with van der Waals surface area (Å²) in [6, 6.07) is 14.6. The highest BCUT2D eigenvalue weighted by molar-refractivity contribution is 7.11. The molecule has 5 heteroatoms. The van der Waals surface area contributed by atoms with Crippen LogP contribution in [0.1, 0.15) is 41.0 Å². The molecule has 0 unspecified atom stereocenters. The van der Waals surface area contributed by atoms with Crippen LogP contribution in [0.3, 0.4) is 0 Å². The Hall–Kier alpha value is -2.14. The zero-order valence-electron chi connectivity index (χ0n) is 15.8. The van der Waals surface area contributed by atoms with Gasteiger partial charge in [-0.3, -0.25) is 9.59 Å². The number of hydrogen-bond donors (Lipinski definition) is 0. The highest BCUT2D eigenvalue weighted by Crippen LogP contribution is 2.36. The molecule has 1 heterocycles. The van der Waals surface area contributed by atoms with E-state index in [1.165, 1.54) is 9.75 Å². The predicted molar refractivity (Wildman–Crippen MR) is 107 cm³/mol. The van der Waals surface area contributed by atoms with Crippen molar-refractivity contribution in [1.29, 1.82) is 0 Å². The van der Waals surface area contributed by atoms with Gasteiger partial charge in [-0.15, -0.1) is 11.3 Å². The van der Waals surface area contributed by atoms with Gasteiger partial charge in [-0.25, -0.2) is 0 Å². The van der Waals surface area contributed by atoms with Crippen molar-refractivity contribution >= 4 is 23.2 Å². The van der Waals surface area contributed by atoms with E-state index in [-0.39, 0.29) is 30.3 Å². The zero-order chi connectivity index (χ0) is 18.8. The van der Waals surface area contributed by atoms with Crippen LogP contribution in [-0.2, 0) is 22.7 Å². The molecular weight excluding hydrogens is 356 g/mol. The van der Waals surface area contributed by atoms with Gasteiger partial charge in [0.25, 0.3) is 0 Å². The van der Waals surface area contributed by atoms with E-state index in [0.29, 0.717) is 13.1 Å². The maximum absolute atomic E-state index is 13.2. The maximum Gasteiger partial charge on any atom is 0.242 e. The van der Waals surface area contributed by atoms with Crippen molar-refractivity contribution in [2.75, 3.05) is 6.54 Å². The second kappa shape index (κ2) is 7.85. The summed E-state index contributed by atoms with van der Waals surface area (Å²) in [5.74, 6) is 0.407. The molecule has 0 saturated heterocycles. The van der Waals surface area contributed by atoms with Crippen molar-refractivity contribution in [3.63, 3.8) is 0 Å². The number of carbonyl (C=O) groups excluding carboxylic acids is 2. The third kappa shape index (κ3) is 4.78. The Balaban J connectivity index is 1.49. The van der Waals surface area contributed by atoms with Crippen LogP contribution in [0.2, 0.25) is 0 Å². The van der Waals surface area contributed by atoms with Crippen LogP contribution in [0.4, 0.5) is 0 Å². The Bertz CT molecular complexity index is 809. The first-order valence-electron chi connectivity index (χ1n) is 9.77. The molecule has 0 radical (unpaired) electrons. The van der Waals surface area contributed by atoms with Crippen molar-refractivity contribution in [3.05, 3.63) is 57.8 Å². The van der Waals surface area contributed by atoms with Gasteiger partial charge in [-0.2, -0.15) is 0 Å². The summed E-state index contributed by atoms with van der Waals surface area (Å²) in [6.07, 6.45) is 4.04. The summed E-state index contributed by atoms with van der Waals surface area (Å²) in [7, 11) is 0. The van der Waals surface area contributed by atoms with Crippen LogP contribution >= 0.6 is 11.3 Å². The lowest BCUT2D eigenvalue weighted by Crippen LogP contribution is -2.44. The summed E-state index contributed by atoms with van der Waals surface area (Å²) in [5.41, 5.74) is 1.12.